The Kier molecular flexibility index (Phi) is 4.04. The van der Waals surface area contributed by atoms with Crippen LogP contribution in [0.2, 0.25) is 0 Å². The number of carbonyl (C=O) groups excluding carboxylic acids is 1. The van der Waals surface area contributed by atoms with Gasteiger partial charge >= 0.3 is 0 Å². The summed E-state index contributed by atoms with van der Waals surface area (Å²) >= 11 is 0. The highest BCUT2D eigenvalue weighted by atomic mass is 16.6. The second kappa shape index (κ2) is 6.05. The molecule has 3 aromatic rings. The minimum atomic E-state index is -0.408. The molecule has 0 fully saturated rings. The number of hydrogen-bond donors (Lipinski definition) is 1. The van der Waals surface area contributed by atoms with Crippen molar-refractivity contribution in [3.63, 3.8) is 0 Å². The number of fused-ring (bicyclic) bond motifs is 1. The molecule has 1 aromatic heterocycles. The summed E-state index contributed by atoms with van der Waals surface area (Å²) in [6, 6.07) is 13.9. The molecule has 1 heterocycles. The molecule has 1 N–H and O–H groups in total. The van der Waals surface area contributed by atoms with Gasteiger partial charge in [0.05, 0.1) is 10.4 Å². The lowest BCUT2D eigenvalue weighted by Gasteiger charge is -2.20. The zero-order valence-electron chi connectivity index (χ0n) is 14.3. The van der Waals surface area contributed by atoms with E-state index in [1.165, 1.54) is 6.07 Å². The highest BCUT2D eigenvalue weighted by Gasteiger charge is 2.16. The lowest BCUT2D eigenvalue weighted by Crippen LogP contribution is -2.40. The van der Waals surface area contributed by atoms with Crippen LogP contribution in [0, 0.1) is 10.1 Å². The van der Waals surface area contributed by atoms with E-state index >= 15 is 0 Å². The van der Waals surface area contributed by atoms with Gasteiger partial charge in [-0.3, -0.25) is 14.9 Å². The smallest absolute Gasteiger partial charge is 0.270 e. The minimum absolute atomic E-state index is 0.0588. The van der Waals surface area contributed by atoms with E-state index < -0.39 is 4.92 Å². The van der Waals surface area contributed by atoms with Crippen LogP contribution in [0.5, 0.6) is 0 Å². The van der Waals surface area contributed by atoms with Gasteiger partial charge < -0.3 is 9.88 Å². The summed E-state index contributed by atoms with van der Waals surface area (Å²) in [5.74, 6) is -0.138. The quantitative estimate of drug-likeness (QED) is 0.578. The molecule has 25 heavy (non-hydrogen) atoms. The third kappa shape index (κ3) is 3.52. The van der Waals surface area contributed by atoms with Crippen molar-refractivity contribution in [1.29, 1.82) is 0 Å². The standard InChI is InChI=1S/C19H19N3O3/c1-19(2,3)20-18(23)14-5-4-6-15(12-14)21-10-9-13-11-16(22(24)25)7-8-17(13)21/h4-12H,1-3H3,(H,20,23). The monoisotopic (exact) mass is 337 g/mol. The van der Waals surface area contributed by atoms with E-state index in [4.69, 9.17) is 0 Å². The molecule has 0 bridgehead atoms. The number of nitrogens with one attached hydrogen (secondary N) is 1. The number of non-ortho nitro benzene ring substituents is 1. The molecule has 3 rings (SSSR count). The molecule has 1 amide bonds. The van der Waals surface area contributed by atoms with Crippen molar-refractivity contribution in [2.24, 2.45) is 0 Å². The van der Waals surface area contributed by atoms with Crippen LogP contribution in [0.15, 0.2) is 54.7 Å². The summed E-state index contributed by atoms with van der Waals surface area (Å²) in [6.07, 6.45) is 1.84. The Bertz CT molecular complexity index is 967. The number of nitro groups is 1. The largest absolute Gasteiger partial charge is 0.347 e. The summed E-state index contributed by atoms with van der Waals surface area (Å²) < 4.78 is 1.91. The minimum Gasteiger partial charge on any atom is -0.347 e. The molecule has 0 aliphatic rings. The van der Waals surface area contributed by atoms with Crippen LogP contribution in [-0.4, -0.2) is 20.9 Å². The summed E-state index contributed by atoms with van der Waals surface area (Å²) in [5.41, 5.74) is 1.98. The average molecular weight is 337 g/mol. The molecule has 2 aromatic carbocycles. The fourth-order valence-corrected chi connectivity index (χ4v) is 2.68. The van der Waals surface area contributed by atoms with Crippen LogP contribution >= 0.6 is 0 Å². The van der Waals surface area contributed by atoms with Crippen molar-refractivity contribution in [1.82, 2.24) is 9.88 Å². The number of carbonyl (C=O) groups is 1. The first-order valence-corrected chi connectivity index (χ1v) is 7.93. The van der Waals surface area contributed by atoms with Crippen molar-refractivity contribution >= 4 is 22.5 Å². The Balaban J connectivity index is 2.00. The second-order valence-corrected chi connectivity index (χ2v) is 6.94. The molecule has 0 atom stereocenters. The van der Waals surface area contributed by atoms with Crippen LogP contribution in [0.25, 0.3) is 16.6 Å². The van der Waals surface area contributed by atoms with E-state index in [2.05, 4.69) is 5.32 Å². The topological polar surface area (TPSA) is 77.2 Å². The first-order valence-electron chi connectivity index (χ1n) is 7.93. The molecule has 0 unspecified atom stereocenters. The van der Waals surface area contributed by atoms with E-state index in [9.17, 15) is 14.9 Å². The van der Waals surface area contributed by atoms with Crippen molar-refractivity contribution in [2.45, 2.75) is 26.3 Å². The molecule has 0 radical (unpaired) electrons. The SMILES string of the molecule is CC(C)(C)NC(=O)c1cccc(-n2ccc3cc([N+](=O)[O-])ccc32)c1. The average Bonchev–Trinajstić information content (AvgIpc) is 2.96. The third-order valence-corrected chi connectivity index (χ3v) is 3.76. The molecular formula is C19H19N3O3. The van der Waals surface area contributed by atoms with E-state index in [0.717, 1.165) is 16.6 Å². The number of rotatable bonds is 3. The number of amides is 1. The number of hydrogen-bond acceptors (Lipinski definition) is 3. The Hall–Kier alpha value is -3.15. The van der Waals surface area contributed by atoms with Gasteiger partial charge in [-0.25, -0.2) is 0 Å². The molecule has 128 valence electrons. The highest BCUT2D eigenvalue weighted by Crippen LogP contribution is 2.25. The fraction of sp³-hybridized carbons (Fsp3) is 0.211. The molecule has 6 nitrogen and oxygen atoms in total. The normalized spacial score (nSPS) is 11.5. The van der Waals surface area contributed by atoms with Crippen LogP contribution in [0.3, 0.4) is 0 Å². The first-order chi connectivity index (χ1) is 11.7. The first kappa shape index (κ1) is 16.7. The van der Waals surface area contributed by atoms with E-state index in [0.29, 0.717) is 5.56 Å². The molecule has 0 aliphatic carbocycles. The summed E-state index contributed by atoms with van der Waals surface area (Å²) in [6.45, 7) is 5.79. The second-order valence-electron chi connectivity index (χ2n) is 6.94. The predicted molar refractivity (Wildman–Crippen MR) is 97.1 cm³/mol. The van der Waals surface area contributed by atoms with Crippen molar-refractivity contribution < 1.29 is 9.72 Å². The number of aromatic nitrogens is 1. The van der Waals surface area contributed by atoms with Crippen LogP contribution in [0.1, 0.15) is 31.1 Å². The van der Waals surface area contributed by atoms with E-state index in [1.54, 1.807) is 18.2 Å². The lowest BCUT2D eigenvalue weighted by atomic mass is 10.1. The molecule has 0 saturated carbocycles. The van der Waals surface area contributed by atoms with Gasteiger partial charge in [0.15, 0.2) is 0 Å². The van der Waals surface area contributed by atoms with Gasteiger partial charge in [-0.2, -0.15) is 0 Å². The maximum Gasteiger partial charge on any atom is 0.270 e. The van der Waals surface area contributed by atoms with Gasteiger partial charge in [-0.15, -0.1) is 0 Å². The van der Waals surface area contributed by atoms with Crippen molar-refractivity contribution in [3.8, 4) is 5.69 Å². The van der Waals surface area contributed by atoms with Crippen molar-refractivity contribution in [2.75, 3.05) is 0 Å². The van der Waals surface area contributed by atoms with Gasteiger partial charge in [-0.05, 0) is 51.1 Å². The Morgan fingerprint density at radius 2 is 1.88 bits per heavy atom. The summed E-state index contributed by atoms with van der Waals surface area (Å²) in [4.78, 5) is 22.9. The molecule has 0 spiro atoms. The zero-order valence-corrected chi connectivity index (χ0v) is 14.3. The fourth-order valence-electron chi connectivity index (χ4n) is 2.68. The van der Waals surface area contributed by atoms with Crippen molar-refractivity contribution in [3.05, 3.63) is 70.4 Å². The Labute approximate surface area is 145 Å². The number of nitrogens with zero attached hydrogens (tertiary/aromatic N) is 2. The number of benzene rings is 2. The Morgan fingerprint density at radius 1 is 1.12 bits per heavy atom. The van der Waals surface area contributed by atoms with Crippen LogP contribution < -0.4 is 5.32 Å². The van der Waals surface area contributed by atoms with E-state index in [1.807, 2.05) is 55.8 Å². The summed E-state index contributed by atoms with van der Waals surface area (Å²) in [5, 5.41) is 14.6. The molecular weight excluding hydrogens is 318 g/mol. The molecule has 0 saturated heterocycles. The molecule has 6 heteroatoms. The van der Waals surface area contributed by atoms with E-state index in [-0.39, 0.29) is 17.1 Å². The maximum absolute atomic E-state index is 12.4. The third-order valence-electron chi connectivity index (χ3n) is 3.76. The van der Waals surface area contributed by atoms with Gasteiger partial charge in [0, 0.05) is 40.5 Å². The van der Waals surface area contributed by atoms with Gasteiger partial charge in [0.2, 0.25) is 0 Å². The lowest BCUT2D eigenvalue weighted by molar-refractivity contribution is -0.384. The molecule has 0 aliphatic heterocycles. The predicted octanol–water partition coefficient (Wildman–Crippen LogP) is 4.07. The van der Waals surface area contributed by atoms with Crippen LogP contribution in [0.4, 0.5) is 5.69 Å². The van der Waals surface area contributed by atoms with Gasteiger partial charge in [0.25, 0.3) is 11.6 Å². The zero-order chi connectivity index (χ0) is 18.2. The maximum atomic E-state index is 12.4. The van der Waals surface area contributed by atoms with Crippen LogP contribution in [-0.2, 0) is 0 Å². The Morgan fingerprint density at radius 3 is 2.56 bits per heavy atom. The van der Waals surface area contributed by atoms with Gasteiger partial charge in [0.1, 0.15) is 0 Å². The number of nitro benzene ring substituents is 1. The van der Waals surface area contributed by atoms with Gasteiger partial charge in [-0.1, -0.05) is 6.07 Å². The highest BCUT2D eigenvalue weighted by molar-refractivity contribution is 5.95. The summed E-state index contributed by atoms with van der Waals surface area (Å²) in [7, 11) is 0.